The molecule has 0 radical (unpaired) electrons. The molecule has 0 bridgehead atoms. The lowest BCUT2D eigenvalue weighted by Gasteiger charge is -2.24. The molecule has 4 rings (SSSR count). The van der Waals surface area contributed by atoms with Crippen LogP contribution in [0.4, 0.5) is 0 Å². The van der Waals surface area contributed by atoms with E-state index in [1.54, 1.807) is 13.8 Å². The molecule has 2 saturated carbocycles. The molecule has 0 aromatic carbocycles. The van der Waals surface area contributed by atoms with Gasteiger partial charge in [0.1, 0.15) is 22.7 Å². The number of ketones is 1. The summed E-state index contributed by atoms with van der Waals surface area (Å²) < 4.78 is 34.8. The van der Waals surface area contributed by atoms with Gasteiger partial charge in [0, 0.05) is 40.2 Å². The van der Waals surface area contributed by atoms with E-state index in [-0.39, 0.29) is 5.78 Å². The van der Waals surface area contributed by atoms with Crippen molar-refractivity contribution in [3.63, 3.8) is 0 Å². The van der Waals surface area contributed by atoms with Gasteiger partial charge in [-0.2, -0.15) is 0 Å². The molecule has 2 atom stereocenters. The molecule has 7 nitrogen and oxygen atoms in total. The summed E-state index contributed by atoms with van der Waals surface area (Å²) in [5.41, 5.74) is -1.17. The molecule has 4 aliphatic rings. The Labute approximate surface area is 165 Å². The lowest BCUT2D eigenvalue weighted by atomic mass is 9.96. The molecule has 2 saturated heterocycles. The van der Waals surface area contributed by atoms with Gasteiger partial charge in [-0.1, -0.05) is 0 Å². The molecule has 0 aromatic heterocycles. The second kappa shape index (κ2) is 6.83. The second-order valence-corrected chi connectivity index (χ2v) is 8.36. The topological polar surface area (TPSA) is 72.5 Å². The number of rotatable bonds is 4. The third-order valence-corrected chi connectivity index (χ3v) is 6.36. The molecule has 0 N–H and O–H groups in total. The van der Waals surface area contributed by atoms with Crippen molar-refractivity contribution in [1.29, 1.82) is 0 Å². The molecule has 4 fully saturated rings. The Balaban J connectivity index is 1.62. The highest BCUT2D eigenvalue weighted by Gasteiger charge is 2.56. The zero-order valence-corrected chi connectivity index (χ0v) is 17.2. The molecule has 156 valence electrons. The summed E-state index contributed by atoms with van der Waals surface area (Å²) in [5, 5.41) is 0. The standard InChI is InChI=1S/C21H30O7/c1-18(23-3)25-16(20(27-18)9-5-6-10-20)13-15(22)14-17-21(11-7-8-12-21)28-19(2,24-4)26-17/h13-14H,5-12H2,1-4H3/b16-13-,17-14+. The van der Waals surface area contributed by atoms with E-state index in [0.29, 0.717) is 11.5 Å². The van der Waals surface area contributed by atoms with Gasteiger partial charge in [0.2, 0.25) is 0 Å². The molecular weight excluding hydrogens is 364 g/mol. The fourth-order valence-electron chi connectivity index (χ4n) is 4.82. The lowest BCUT2D eigenvalue weighted by Crippen LogP contribution is -2.33. The zero-order chi connectivity index (χ0) is 20.0. The SMILES string of the molecule is COC1(C)O/C(=C\C(=O)/C=C2/OC(C)(OC)OC23CCCC3)C2(CCCC2)O1. The summed E-state index contributed by atoms with van der Waals surface area (Å²) in [6.07, 6.45) is 10.4. The van der Waals surface area contributed by atoms with Crippen LogP contribution in [0.2, 0.25) is 0 Å². The molecule has 7 heteroatoms. The number of methoxy groups -OCH3 is 2. The Hall–Kier alpha value is -1.41. The highest BCUT2D eigenvalue weighted by Crippen LogP contribution is 2.51. The molecule has 2 aliphatic carbocycles. The van der Waals surface area contributed by atoms with Crippen LogP contribution in [0.3, 0.4) is 0 Å². The highest BCUT2D eigenvalue weighted by atomic mass is 16.9. The molecule has 2 heterocycles. The molecule has 2 aliphatic heterocycles. The molecule has 28 heavy (non-hydrogen) atoms. The van der Waals surface area contributed by atoms with Crippen LogP contribution in [-0.2, 0) is 33.2 Å². The Morgan fingerprint density at radius 2 is 1.14 bits per heavy atom. The predicted octanol–water partition coefficient (Wildman–Crippen LogP) is 3.68. The molecule has 0 amide bonds. The maximum atomic E-state index is 12.9. The van der Waals surface area contributed by atoms with Crippen LogP contribution in [0.5, 0.6) is 0 Å². The summed E-state index contributed by atoms with van der Waals surface area (Å²) >= 11 is 0. The van der Waals surface area contributed by atoms with Gasteiger partial charge in [0.05, 0.1) is 0 Å². The van der Waals surface area contributed by atoms with E-state index in [0.717, 1.165) is 51.4 Å². The van der Waals surface area contributed by atoms with Crippen molar-refractivity contribution in [3.8, 4) is 0 Å². The smallest absolute Gasteiger partial charge is 0.324 e. The lowest BCUT2D eigenvalue weighted by molar-refractivity contribution is -0.320. The predicted molar refractivity (Wildman–Crippen MR) is 98.7 cm³/mol. The Morgan fingerprint density at radius 3 is 1.46 bits per heavy atom. The van der Waals surface area contributed by atoms with Crippen molar-refractivity contribution in [3.05, 3.63) is 23.7 Å². The van der Waals surface area contributed by atoms with Crippen molar-refractivity contribution in [2.45, 2.75) is 88.4 Å². The van der Waals surface area contributed by atoms with Gasteiger partial charge in [0.15, 0.2) is 5.78 Å². The van der Waals surface area contributed by atoms with E-state index in [9.17, 15) is 4.79 Å². The van der Waals surface area contributed by atoms with E-state index in [4.69, 9.17) is 28.4 Å². The molecule has 2 unspecified atom stereocenters. The fraction of sp³-hybridized carbons (Fsp3) is 0.762. The van der Waals surface area contributed by atoms with Gasteiger partial charge in [0.25, 0.3) is 0 Å². The van der Waals surface area contributed by atoms with Crippen LogP contribution in [-0.4, -0.2) is 43.2 Å². The number of carbonyl (C=O) groups is 1. The van der Waals surface area contributed by atoms with Crippen molar-refractivity contribution in [2.75, 3.05) is 14.2 Å². The van der Waals surface area contributed by atoms with Gasteiger partial charge in [-0.15, -0.1) is 0 Å². The first-order valence-electron chi connectivity index (χ1n) is 10.1. The van der Waals surface area contributed by atoms with E-state index in [2.05, 4.69) is 0 Å². The minimum atomic E-state index is -1.17. The van der Waals surface area contributed by atoms with Gasteiger partial charge in [-0.3, -0.25) is 4.79 Å². The van der Waals surface area contributed by atoms with Gasteiger partial charge >= 0.3 is 11.9 Å². The number of carbonyl (C=O) groups excluding carboxylic acids is 1. The van der Waals surface area contributed by atoms with Gasteiger partial charge < -0.3 is 28.4 Å². The average molecular weight is 394 g/mol. The Kier molecular flexibility index (Phi) is 4.85. The van der Waals surface area contributed by atoms with Crippen molar-refractivity contribution in [2.24, 2.45) is 0 Å². The van der Waals surface area contributed by atoms with Crippen LogP contribution < -0.4 is 0 Å². The summed E-state index contributed by atoms with van der Waals surface area (Å²) in [4.78, 5) is 12.9. The fourth-order valence-corrected chi connectivity index (χ4v) is 4.82. The van der Waals surface area contributed by atoms with Crippen molar-refractivity contribution in [1.82, 2.24) is 0 Å². The van der Waals surface area contributed by atoms with E-state index in [1.165, 1.54) is 26.4 Å². The molecular formula is C21H30O7. The minimum absolute atomic E-state index is 0.213. The Bertz CT molecular complexity index is 642. The molecule has 0 aromatic rings. The summed E-state index contributed by atoms with van der Waals surface area (Å²) in [7, 11) is 3.07. The van der Waals surface area contributed by atoms with Crippen LogP contribution >= 0.6 is 0 Å². The van der Waals surface area contributed by atoms with Crippen molar-refractivity contribution >= 4 is 5.78 Å². The monoisotopic (exact) mass is 394 g/mol. The number of hydrogen-bond acceptors (Lipinski definition) is 7. The van der Waals surface area contributed by atoms with Crippen LogP contribution in [0.1, 0.15) is 65.2 Å². The summed E-state index contributed by atoms with van der Waals surface area (Å²) in [6.45, 7) is 3.45. The van der Waals surface area contributed by atoms with E-state index < -0.39 is 23.1 Å². The zero-order valence-electron chi connectivity index (χ0n) is 17.2. The third-order valence-electron chi connectivity index (χ3n) is 6.36. The van der Waals surface area contributed by atoms with E-state index in [1.807, 2.05) is 0 Å². The largest absolute Gasteiger partial charge is 0.440 e. The average Bonchev–Trinajstić information content (AvgIpc) is 3.40. The number of ether oxygens (including phenoxy) is 6. The van der Waals surface area contributed by atoms with E-state index >= 15 is 0 Å². The minimum Gasteiger partial charge on any atom is -0.440 e. The third kappa shape index (κ3) is 3.28. The Morgan fingerprint density at radius 1 is 0.786 bits per heavy atom. The van der Waals surface area contributed by atoms with Crippen LogP contribution in [0, 0.1) is 0 Å². The number of hydrogen-bond donors (Lipinski definition) is 0. The highest BCUT2D eigenvalue weighted by molar-refractivity contribution is 6.00. The van der Waals surface area contributed by atoms with Crippen LogP contribution in [0.15, 0.2) is 23.7 Å². The van der Waals surface area contributed by atoms with Gasteiger partial charge in [-0.25, -0.2) is 0 Å². The van der Waals surface area contributed by atoms with Crippen molar-refractivity contribution < 1.29 is 33.2 Å². The second-order valence-electron chi connectivity index (χ2n) is 8.36. The first kappa shape index (κ1) is 19.9. The van der Waals surface area contributed by atoms with Crippen LogP contribution in [0.25, 0.3) is 0 Å². The first-order chi connectivity index (χ1) is 13.3. The maximum absolute atomic E-state index is 12.9. The first-order valence-corrected chi connectivity index (χ1v) is 10.1. The quantitative estimate of drug-likeness (QED) is 0.674. The molecule has 2 spiro atoms. The summed E-state index contributed by atoms with van der Waals surface area (Å²) in [6, 6.07) is 0. The van der Waals surface area contributed by atoms with Gasteiger partial charge in [-0.05, 0) is 51.4 Å². The number of allylic oxidation sites excluding steroid dienone is 2. The normalized spacial score (nSPS) is 38.6. The maximum Gasteiger partial charge on any atom is 0.324 e. The summed E-state index contributed by atoms with van der Waals surface area (Å²) in [5.74, 6) is -1.49.